The van der Waals surface area contributed by atoms with E-state index in [1.165, 1.54) is 0 Å². The van der Waals surface area contributed by atoms with E-state index >= 15 is 0 Å². The highest BCUT2D eigenvalue weighted by atomic mass is 16.6. The van der Waals surface area contributed by atoms with Gasteiger partial charge in [0.2, 0.25) is 0 Å². The zero-order valence-corrected chi connectivity index (χ0v) is 37.0. The highest BCUT2D eigenvalue weighted by Gasteiger charge is 2.19. The first-order valence-corrected chi connectivity index (χ1v) is 23.0. The molecule has 0 rings (SSSR count). The Kier molecular flexibility index (Phi) is 42.7. The summed E-state index contributed by atoms with van der Waals surface area (Å²) in [4.78, 5) is 37.8. The van der Waals surface area contributed by atoms with Crippen LogP contribution in [0.15, 0.2) is 109 Å². The molecule has 0 aromatic rings. The zero-order valence-electron chi connectivity index (χ0n) is 37.0. The third-order valence-corrected chi connectivity index (χ3v) is 9.13. The fraction of sp³-hybridized carbons (Fsp3) is 0.596. The van der Waals surface area contributed by atoms with Crippen LogP contribution in [0.5, 0.6) is 0 Å². The Bertz CT molecular complexity index is 1240. The van der Waals surface area contributed by atoms with Crippen molar-refractivity contribution in [3.63, 3.8) is 0 Å². The van der Waals surface area contributed by atoms with Gasteiger partial charge in [0.15, 0.2) is 6.10 Å². The lowest BCUT2D eigenvalue weighted by atomic mass is 10.1. The van der Waals surface area contributed by atoms with Crippen LogP contribution in [0.4, 0.5) is 0 Å². The van der Waals surface area contributed by atoms with E-state index in [0.29, 0.717) is 19.3 Å². The number of hydrogen-bond acceptors (Lipinski definition) is 6. The van der Waals surface area contributed by atoms with Gasteiger partial charge in [-0.2, -0.15) is 0 Å². The number of rotatable bonds is 39. The molecule has 0 amide bonds. The molecule has 0 saturated carbocycles. The Morgan fingerprint density at radius 1 is 0.362 bits per heavy atom. The van der Waals surface area contributed by atoms with Crippen LogP contribution >= 0.6 is 0 Å². The summed E-state index contributed by atoms with van der Waals surface area (Å²) in [5, 5.41) is 0. The van der Waals surface area contributed by atoms with E-state index in [1.807, 2.05) is 12.2 Å². The van der Waals surface area contributed by atoms with Crippen LogP contribution in [0.25, 0.3) is 0 Å². The summed E-state index contributed by atoms with van der Waals surface area (Å²) in [5.41, 5.74) is 0. The molecule has 326 valence electrons. The number of hydrogen-bond donors (Lipinski definition) is 0. The monoisotopic (exact) mass is 803 g/mol. The smallest absolute Gasteiger partial charge is 0.306 e. The molecule has 0 bridgehead atoms. The van der Waals surface area contributed by atoms with Crippen molar-refractivity contribution in [2.24, 2.45) is 0 Å². The molecule has 1 atom stereocenters. The molecule has 1 unspecified atom stereocenters. The molecule has 0 radical (unpaired) electrons. The van der Waals surface area contributed by atoms with Gasteiger partial charge in [-0.15, -0.1) is 0 Å². The normalized spacial score (nSPS) is 13.1. The van der Waals surface area contributed by atoms with Gasteiger partial charge in [-0.25, -0.2) is 0 Å². The number of ether oxygens (including phenoxy) is 3. The predicted octanol–water partition coefficient (Wildman–Crippen LogP) is 14.8. The molecule has 0 aliphatic rings. The van der Waals surface area contributed by atoms with Crippen LogP contribution in [-0.2, 0) is 28.6 Å². The molecule has 0 aromatic carbocycles. The topological polar surface area (TPSA) is 78.9 Å². The highest BCUT2D eigenvalue weighted by Crippen LogP contribution is 2.12. The lowest BCUT2D eigenvalue weighted by Crippen LogP contribution is -2.30. The van der Waals surface area contributed by atoms with Crippen LogP contribution in [0, 0.1) is 0 Å². The number of carbonyl (C=O) groups is 3. The van der Waals surface area contributed by atoms with Crippen molar-refractivity contribution >= 4 is 17.9 Å². The zero-order chi connectivity index (χ0) is 42.3. The molecule has 0 N–H and O–H groups in total. The van der Waals surface area contributed by atoms with E-state index in [4.69, 9.17) is 14.2 Å². The maximum atomic E-state index is 12.7. The minimum absolute atomic E-state index is 0.107. The van der Waals surface area contributed by atoms with Gasteiger partial charge in [-0.3, -0.25) is 14.4 Å². The molecule has 58 heavy (non-hydrogen) atoms. The molecule has 0 aliphatic heterocycles. The van der Waals surface area contributed by atoms with Crippen LogP contribution in [-0.4, -0.2) is 37.2 Å². The first-order chi connectivity index (χ1) is 28.5. The lowest BCUT2D eigenvalue weighted by molar-refractivity contribution is -0.167. The summed E-state index contributed by atoms with van der Waals surface area (Å²) in [6, 6.07) is 0. The van der Waals surface area contributed by atoms with Crippen molar-refractivity contribution in [2.45, 2.75) is 187 Å². The molecular formula is C52H82O6. The number of carbonyl (C=O) groups excluding carboxylic acids is 3. The molecule has 0 aliphatic carbocycles. The maximum absolute atomic E-state index is 12.7. The maximum Gasteiger partial charge on any atom is 0.306 e. The van der Waals surface area contributed by atoms with Gasteiger partial charge < -0.3 is 14.2 Å². The number of esters is 3. The second kappa shape index (κ2) is 45.8. The van der Waals surface area contributed by atoms with E-state index in [0.717, 1.165) is 141 Å². The fourth-order valence-electron chi connectivity index (χ4n) is 5.75. The van der Waals surface area contributed by atoms with E-state index in [-0.39, 0.29) is 31.1 Å². The van der Waals surface area contributed by atoms with Gasteiger partial charge >= 0.3 is 17.9 Å². The Hall–Kier alpha value is -3.93. The van der Waals surface area contributed by atoms with Gasteiger partial charge in [0.25, 0.3) is 0 Å². The third kappa shape index (κ3) is 43.2. The minimum Gasteiger partial charge on any atom is -0.462 e. The van der Waals surface area contributed by atoms with E-state index < -0.39 is 6.10 Å². The second-order valence-corrected chi connectivity index (χ2v) is 14.6. The van der Waals surface area contributed by atoms with Gasteiger partial charge in [0.05, 0.1) is 0 Å². The second-order valence-electron chi connectivity index (χ2n) is 14.6. The fourth-order valence-corrected chi connectivity index (χ4v) is 5.75. The molecule has 6 heteroatoms. The minimum atomic E-state index is -0.807. The highest BCUT2D eigenvalue weighted by molar-refractivity contribution is 5.71. The van der Waals surface area contributed by atoms with Crippen LogP contribution in [0.2, 0.25) is 0 Å². The molecule has 0 heterocycles. The summed E-state index contributed by atoms with van der Waals surface area (Å²) >= 11 is 0. The van der Waals surface area contributed by atoms with Crippen molar-refractivity contribution in [3.05, 3.63) is 109 Å². The first kappa shape index (κ1) is 54.1. The van der Waals surface area contributed by atoms with Crippen molar-refractivity contribution in [1.29, 1.82) is 0 Å². The summed E-state index contributed by atoms with van der Waals surface area (Å²) in [6.45, 7) is 6.17. The van der Waals surface area contributed by atoms with Gasteiger partial charge in [0, 0.05) is 19.3 Å². The lowest BCUT2D eigenvalue weighted by Gasteiger charge is -2.18. The summed E-state index contributed by atoms with van der Waals surface area (Å²) < 4.78 is 16.7. The summed E-state index contributed by atoms with van der Waals surface area (Å²) in [5.74, 6) is -0.981. The summed E-state index contributed by atoms with van der Waals surface area (Å²) in [7, 11) is 0. The quantitative estimate of drug-likeness (QED) is 0.0202. The molecule has 6 nitrogen and oxygen atoms in total. The SMILES string of the molecule is CC\C=C/C=C\C=C/CCCCCCCC(=O)OCC(COC(=O)CCCCCC/C=C\C/C=C\C/C=C\CC)OC(=O)CCCCCCC\C=C/C=C\C=C/CC. The molecular weight excluding hydrogens is 721 g/mol. The Labute approximate surface area is 355 Å². The Morgan fingerprint density at radius 3 is 1.16 bits per heavy atom. The first-order valence-electron chi connectivity index (χ1n) is 23.0. The van der Waals surface area contributed by atoms with E-state index in [9.17, 15) is 14.4 Å². The van der Waals surface area contributed by atoms with Crippen molar-refractivity contribution < 1.29 is 28.6 Å². The average molecular weight is 803 g/mol. The van der Waals surface area contributed by atoms with E-state index in [1.54, 1.807) is 0 Å². The van der Waals surface area contributed by atoms with Gasteiger partial charge in [-0.05, 0) is 89.9 Å². The molecule has 0 spiro atoms. The molecule has 0 aromatic heterocycles. The number of unbranched alkanes of at least 4 members (excludes halogenated alkanes) is 14. The Balaban J connectivity index is 4.51. The number of allylic oxidation sites excluding steroid dienone is 18. The van der Waals surface area contributed by atoms with Crippen molar-refractivity contribution in [3.8, 4) is 0 Å². The average Bonchev–Trinajstić information content (AvgIpc) is 3.22. The van der Waals surface area contributed by atoms with E-state index in [2.05, 4.69) is 118 Å². The largest absolute Gasteiger partial charge is 0.462 e. The standard InChI is InChI=1S/C52H82O6/c1-4-7-10-13-16-19-22-25-28-30-33-36-39-42-45-51(54)57-48-49(58-52(55)46-43-40-37-34-31-27-24-21-18-15-12-9-6-3)47-56-50(53)44-41-38-35-32-29-26-23-20-17-14-11-8-5-2/h7-12,14-21,23-25,28,49H,4-6,13,22,26-27,29-48H2,1-3H3/b10-7-,11-8-,12-9-,17-14-,18-15-,19-16-,23-20-,24-21-,28-25-. The predicted molar refractivity (Wildman–Crippen MR) is 247 cm³/mol. The van der Waals surface area contributed by atoms with Crippen LogP contribution < -0.4 is 0 Å². The molecule has 0 saturated heterocycles. The van der Waals surface area contributed by atoms with Crippen LogP contribution in [0.3, 0.4) is 0 Å². The van der Waals surface area contributed by atoms with Gasteiger partial charge in [-0.1, -0.05) is 182 Å². The van der Waals surface area contributed by atoms with Crippen molar-refractivity contribution in [1.82, 2.24) is 0 Å². The third-order valence-electron chi connectivity index (χ3n) is 9.13. The molecule has 0 fully saturated rings. The van der Waals surface area contributed by atoms with Crippen LogP contribution in [0.1, 0.15) is 181 Å². The van der Waals surface area contributed by atoms with Gasteiger partial charge in [0.1, 0.15) is 13.2 Å². The van der Waals surface area contributed by atoms with Crippen molar-refractivity contribution in [2.75, 3.05) is 13.2 Å². The Morgan fingerprint density at radius 2 is 0.707 bits per heavy atom. The summed E-state index contributed by atoms with van der Waals surface area (Å²) in [6.07, 6.45) is 60.7.